The lowest BCUT2D eigenvalue weighted by Crippen LogP contribution is -2.31. The smallest absolute Gasteiger partial charge is 0.247 e. The Morgan fingerprint density at radius 3 is 2.63 bits per heavy atom. The molecule has 8 heteroatoms. The SMILES string of the molecule is COc1ccccc1N1C(=O)C[C@H](SCC(=O)Nc2ccc(F)cc2)C1=O. The number of halogens is 1. The maximum Gasteiger partial charge on any atom is 0.247 e. The van der Waals surface area contributed by atoms with Gasteiger partial charge in [-0.25, -0.2) is 9.29 Å². The van der Waals surface area contributed by atoms with Crippen molar-refractivity contribution in [3.63, 3.8) is 0 Å². The minimum Gasteiger partial charge on any atom is -0.495 e. The van der Waals surface area contributed by atoms with E-state index in [9.17, 15) is 18.8 Å². The number of carbonyl (C=O) groups excluding carboxylic acids is 3. The van der Waals surface area contributed by atoms with Crippen LogP contribution in [0.1, 0.15) is 6.42 Å². The first-order chi connectivity index (χ1) is 13.0. The Morgan fingerprint density at radius 1 is 1.22 bits per heavy atom. The summed E-state index contributed by atoms with van der Waals surface area (Å²) < 4.78 is 18.1. The normalized spacial score (nSPS) is 16.5. The second-order valence-corrected chi connectivity index (χ2v) is 6.99. The van der Waals surface area contributed by atoms with Gasteiger partial charge in [0.2, 0.25) is 17.7 Å². The molecule has 1 fully saturated rings. The molecule has 1 N–H and O–H groups in total. The Kier molecular flexibility index (Phi) is 5.75. The van der Waals surface area contributed by atoms with E-state index in [1.807, 2.05) is 0 Å². The van der Waals surface area contributed by atoms with Gasteiger partial charge in [0.1, 0.15) is 11.6 Å². The highest BCUT2D eigenvalue weighted by atomic mass is 32.2. The molecule has 0 aromatic heterocycles. The molecule has 1 saturated heterocycles. The predicted molar refractivity (Wildman–Crippen MR) is 101 cm³/mol. The van der Waals surface area contributed by atoms with Crippen LogP contribution in [0, 0.1) is 5.82 Å². The van der Waals surface area contributed by atoms with Gasteiger partial charge in [-0.1, -0.05) is 12.1 Å². The van der Waals surface area contributed by atoms with Crippen molar-refractivity contribution in [3.8, 4) is 5.75 Å². The first-order valence-corrected chi connectivity index (χ1v) is 9.21. The summed E-state index contributed by atoms with van der Waals surface area (Å²) in [7, 11) is 1.47. The number of thioether (sulfide) groups is 1. The number of rotatable bonds is 6. The predicted octanol–water partition coefficient (Wildman–Crippen LogP) is 2.84. The van der Waals surface area contributed by atoms with Gasteiger partial charge in [0.15, 0.2) is 0 Å². The molecule has 0 aliphatic carbocycles. The fraction of sp³-hybridized carbons (Fsp3) is 0.211. The molecule has 1 aliphatic rings. The van der Waals surface area contributed by atoms with Gasteiger partial charge < -0.3 is 10.1 Å². The van der Waals surface area contributed by atoms with E-state index < -0.39 is 11.1 Å². The van der Waals surface area contributed by atoms with Crippen LogP contribution < -0.4 is 15.0 Å². The molecule has 3 rings (SSSR count). The number of ether oxygens (including phenoxy) is 1. The fourth-order valence-electron chi connectivity index (χ4n) is 2.71. The molecule has 140 valence electrons. The first kappa shape index (κ1) is 18.9. The molecule has 3 amide bonds. The van der Waals surface area contributed by atoms with Crippen molar-refractivity contribution in [3.05, 3.63) is 54.3 Å². The molecule has 27 heavy (non-hydrogen) atoms. The first-order valence-electron chi connectivity index (χ1n) is 8.16. The summed E-state index contributed by atoms with van der Waals surface area (Å²) in [6.07, 6.45) is 0.0192. The Morgan fingerprint density at radius 2 is 1.93 bits per heavy atom. The van der Waals surface area contributed by atoms with Crippen LogP contribution in [0.4, 0.5) is 15.8 Å². The summed E-state index contributed by atoms with van der Waals surface area (Å²) in [5.41, 5.74) is 0.861. The number of imide groups is 1. The van der Waals surface area contributed by atoms with E-state index in [-0.39, 0.29) is 29.9 Å². The molecule has 2 aromatic rings. The van der Waals surface area contributed by atoms with Crippen LogP contribution in [-0.2, 0) is 14.4 Å². The van der Waals surface area contributed by atoms with Gasteiger partial charge in [0, 0.05) is 12.1 Å². The van der Waals surface area contributed by atoms with Gasteiger partial charge >= 0.3 is 0 Å². The molecule has 0 spiro atoms. The molecular weight excluding hydrogens is 371 g/mol. The van der Waals surface area contributed by atoms with Gasteiger partial charge in [-0.3, -0.25) is 14.4 Å². The monoisotopic (exact) mass is 388 g/mol. The van der Waals surface area contributed by atoms with Gasteiger partial charge in [-0.15, -0.1) is 11.8 Å². The van der Waals surface area contributed by atoms with Crippen LogP contribution in [0.5, 0.6) is 5.75 Å². The topological polar surface area (TPSA) is 75.7 Å². The van der Waals surface area contributed by atoms with Crippen LogP contribution in [0.15, 0.2) is 48.5 Å². The summed E-state index contributed by atoms with van der Waals surface area (Å²) in [5.74, 6) is -0.999. The molecule has 0 bridgehead atoms. The highest BCUT2D eigenvalue weighted by Crippen LogP contribution is 2.35. The van der Waals surface area contributed by atoms with Gasteiger partial charge in [-0.2, -0.15) is 0 Å². The zero-order valence-corrected chi connectivity index (χ0v) is 15.3. The Balaban J connectivity index is 1.61. The van der Waals surface area contributed by atoms with Gasteiger partial charge in [0.25, 0.3) is 0 Å². The molecule has 1 heterocycles. The highest BCUT2D eigenvalue weighted by molar-refractivity contribution is 8.01. The van der Waals surface area contributed by atoms with Crippen molar-refractivity contribution in [1.29, 1.82) is 0 Å². The van der Waals surface area contributed by atoms with Crippen molar-refractivity contribution in [1.82, 2.24) is 0 Å². The summed E-state index contributed by atoms with van der Waals surface area (Å²) in [5, 5.41) is 1.99. The number of nitrogens with zero attached hydrogens (tertiary/aromatic N) is 1. The lowest BCUT2D eigenvalue weighted by atomic mass is 10.2. The lowest BCUT2D eigenvalue weighted by Gasteiger charge is -2.17. The molecule has 0 unspecified atom stereocenters. The Labute approximate surface area is 159 Å². The van der Waals surface area contributed by atoms with E-state index in [0.717, 1.165) is 16.7 Å². The summed E-state index contributed by atoms with van der Waals surface area (Å²) in [4.78, 5) is 38.1. The fourth-order valence-corrected chi connectivity index (χ4v) is 3.64. The van der Waals surface area contributed by atoms with E-state index in [2.05, 4.69) is 5.32 Å². The van der Waals surface area contributed by atoms with Crippen molar-refractivity contribution < 1.29 is 23.5 Å². The zero-order valence-electron chi connectivity index (χ0n) is 14.5. The minimum absolute atomic E-state index is 0.000821. The van der Waals surface area contributed by atoms with Crippen LogP contribution in [0.25, 0.3) is 0 Å². The van der Waals surface area contributed by atoms with Crippen LogP contribution in [0.3, 0.4) is 0 Å². The lowest BCUT2D eigenvalue weighted by molar-refractivity contribution is -0.121. The Hall–Kier alpha value is -2.87. The second-order valence-electron chi connectivity index (χ2n) is 5.80. The van der Waals surface area contributed by atoms with Gasteiger partial charge in [0.05, 0.1) is 23.8 Å². The van der Waals surface area contributed by atoms with E-state index in [0.29, 0.717) is 17.1 Å². The zero-order chi connectivity index (χ0) is 19.4. The quantitative estimate of drug-likeness (QED) is 0.770. The molecule has 2 aromatic carbocycles. The Bertz CT molecular complexity index is 872. The van der Waals surface area contributed by atoms with Crippen molar-refractivity contribution in [2.24, 2.45) is 0 Å². The third kappa shape index (κ3) is 4.28. The number of hydrogen-bond donors (Lipinski definition) is 1. The number of para-hydroxylation sites is 2. The molecule has 6 nitrogen and oxygen atoms in total. The van der Waals surface area contributed by atoms with Crippen molar-refractivity contribution >= 4 is 40.9 Å². The average Bonchev–Trinajstić information content (AvgIpc) is 2.95. The van der Waals surface area contributed by atoms with E-state index in [1.54, 1.807) is 24.3 Å². The average molecular weight is 388 g/mol. The summed E-state index contributed by atoms with van der Waals surface area (Å²) in [6.45, 7) is 0. The summed E-state index contributed by atoms with van der Waals surface area (Å²) in [6, 6.07) is 12.2. The molecule has 0 saturated carbocycles. The summed E-state index contributed by atoms with van der Waals surface area (Å²) >= 11 is 1.10. The maximum absolute atomic E-state index is 12.9. The van der Waals surface area contributed by atoms with Crippen molar-refractivity contribution in [2.75, 3.05) is 23.1 Å². The number of hydrogen-bond acceptors (Lipinski definition) is 5. The molecule has 0 radical (unpaired) electrons. The molecule has 1 atom stereocenters. The van der Waals surface area contributed by atoms with Crippen LogP contribution in [-0.4, -0.2) is 35.8 Å². The minimum atomic E-state index is -0.638. The third-order valence-corrected chi connectivity index (χ3v) is 5.17. The highest BCUT2D eigenvalue weighted by Gasteiger charge is 2.41. The van der Waals surface area contributed by atoms with Crippen LogP contribution >= 0.6 is 11.8 Å². The standard InChI is InChI=1S/C19H17FN2O4S/c1-26-15-5-3-2-4-14(15)22-18(24)10-16(19(22)25)27-11-17(23)21-13-8-6-12(20)7-9-13/h2-9,16H,10-11H2,1H3,(H,21,23)/t16-/m0/s1. The number of amides is 3. The molecular formula is C19H17FN2O4S. The number of anilines is 2. The number of methoxy groups -OCH3 is 1. The number of benzene rings is 2. The van der Waals surface area contributed by atoms with Crippen molar-refractivity contribution in [2.45, 2.75) is 11.7 Å². The second kappa shape index (κ2) is 8.22. The van der Waals surface area contributed by atoms with Gasteiger partial charge in [-0.05, 0) is 36.4 Å². The largest absolute Gasteiger partial charge is 0.495 e. The number of carbonyl (C=O) groups is 3. The van der Waals surface area contributed by atoms with E-state index in [4.69, 9.17) is 4.74 Å². The molecule has 1 aliphatic heterocycles. The third-order valence-electron chi connectivity index (χ3n) is 3.97. The van der Waals surface area contributed by atoms with E-state index in [1.165, 1.54) is 31.4 Å². The maximum atomic E-state index is 12.9. The van der Waals surface area contributed by atoms with E-state index >= 15 is 0 Å². The van der Waals surface area contributed by atoms with Crippen LogP contribution in [0.2, 0.25) is 0 Å². The number of nitrogens with one attached hydrogen (secondary N) is 1.